The second-order valence-corrected chi connectivity index (χ2v) is 6.62. The first-order valence-electron chi connectivity index (χ1n) is 7.42. The Bertz CT molecular complexity index is 517. The lowest BCUT2D eigenvalue weighted by atomic mass is 9.86. The van der Waals surface area contributed by atoms with Crippen molar-refractivity contribution in [1.82, 2.24) is 0 Å². The summed E-state index contributed by atoms with van der Waals surface area (Å²) < 4.78 is 0. The fourth-order valence-electron chi connectivity index (χ4n) is 2.03. The molecule has 0 aliphatic carbocycles. The molecule has 6 heteroatoms. The first kappa shape index (κ1) is 19.6. The lowest BCUT2D eigenvalue weighted by molar-refractivity contribution is -0.112. The first-order valence-corrected chi connectivity index (χ1v) is 7.42. The maximum atomic E-state index is 9.87. The van der Waals surface area contributed by atoms with E-state index in [2.05, 4.69) is 20.8 Å². The van der Waals surface area contributed by atoms with Gasteiger partial charge < -0.3 is 30.6 Å². The number of aliphatic hydroxyl groups excluding tert-OH is 6. The highest BCUT2D eigenvalue weighted by Gasteiger charge is 2.32. The summed E-state index contributed by atoms with van der Waals surface area (Å²) in [5.74, 6) is -0.551. The minimum atomic E-state index is -1.83. The molecule has 6 nitrogen and oxygen atoms in total. The number of rotatable bonds is 6. The van der Waals surface area contributed by atoms with Gasteiger partial charge in [0.2, 0.25) is 0 Å². The predicted molar refractivity (Wildman–Crippen MR) is 86.9 cm³/mol. The van der Waals surface area contributed by atoms with Crippen molar-refractivity contribution in [2.75, 3.05) is 6.61 Å². The molecule has 0 unspecified atom stereocenters. The van der Waals surface area contributed by atoms with Crippen molar-refractivity contribution in [2.24, 2.45) is 0 Å². The van der Waals surface area contributed by atoms with Crippen LogP contribution >= 0.6 is 0 Å². The molecule has 0 aliphatic heterocycles. The zero-order valence-electron chi connectivity index (χ0n) is 13.6. The molecule has 0 spiro atoms. The molecule has 1 aromatic carbocycles. The molecule has 1 rings (SSSR count). The largest absolute Gasteiger partial charge is 0.509 e. The van der Waals surface area contributed by atoms with Crippen LogP contribution in [0.4, 0.5) is 0 Å². The topological polar surface area (TPSA) is 121 Å². The molecule has 0 radical (unpaired) electrons. The SMILES string of the molecule is CC(C)(C)c1ccc(C=C(O)[C@H](O)[C@@H](O)[C@H](O)[C@H](O)CO)cc1. The van der Waals surface area contributed by atoms with Crippen molar-refractivity contribution < 1.29 is 30.6 Å². The third-order valence-corrected chi connectivity index (χ3v) is 3.65. The van der Waals surface area contributed by atoms with Crippen LogP contribution in [0.1, 0.15) is 31.9 Å². The van der Waals surface area contributed by atoms with Crippen molar-refractivity contribution >= 4 is 6.08 Å². The second-order valence-electron chi connectivity index (χ2n) is 6.62. The van der Waals surface area contributed by atoms with E-state index < -0.39 is 36.8 Å². The summed E-state index contributed by atoms with van der Waals surface area (Å²) in [6.45, 7) is 5.44. The first-order chi connectivity index (χ1) is 10.6. The predicted octanol–water partition coefficient (Wildman–Crippen LogP) is 0.319. The summed E-state index contributed by atoms with van der Waals surface area (Å²) >= 11 is 0. The molecule has 6 N–H and O–H groups in total. The van der Waals surface area contributed by atoms with Crippen LogP contribution in [0, 0.1) is 0 Å². The highest BCUT2D eigenvalue weighted by molar-refractivity contribution is 5.52. The van der Waals surface area contributed by atoms with E-state index in [-0.39, 0.29) is 5.41 Å². The van der Waals surface area contributed by atoms with Crippen LogP contribution in [0.3, 0.4) is 0 Å². The third kappa shape index (κ3) is 5.30. The number of hydrogen-bond acceptors (Lipinski definition) is 6. The maximum absolute atomic E-state index is 9.87. The molecule has 0 saturated heterocycles. The lowest BCUT2D eigenvalue weighted by Crippen LogP contribution is -2.46. The van der Waals surface area contributed by atoms with E-state index in [0.717, 1.165) is 5.56 Å². The highest BCUT2D eigenvalue weighted by Crippen LogP contribution is 2.23. The standard InChI is InChI=1S/C17H26O6/c1-17(2,3)11-6-4-10(5-7-11)8-12(19)14(21)16(23)15(22)13(20)9-18/h4-8,13-16,18-23H,9H2,1-3H3/t13-,14+,15-,16-/m1/s1. The molecule has 1 aromatic rings. The van der Waals surface area contributed by atoms with Gasteiger partial charge in [-0.2, -0.15) is 0 Å². The van der Waals surface area contributed by atoms with E-state index in [0.29, 0.717) is 5.56 Å². The van der Waals surface area contributed by atoms with Crippen LogP contribution in [0.2, 0.25) is 0 Å². The molecule has 0 bridgehead atoms. The van der Waals surface area contributed by atoms with Crippen molar-refractivity contribution in [3.8, 4) is 0 Å². The molecule has 23 heavy (non-hydrogen) atoms. The lowest BCUT2D eigenvalue weighted by Gasteiger charge is -2.25. The molecular weight excluding hydrogens is 300 g/mol. The molecule has 0 fully saturated rings. The Morgan fingerprint density at radius 3 is 1.96 bits per heavy atom. The van der Waals surface area contributed by atoms with Crippen LogP contribution in [-0.4, -0.2) is 61.7 Å². The Morgan fingerprint density at radius 1 is 1.00 bits per heavy atom. The Kier molecular flexibility index (Phi) is 6.73. The molecular formula is C17H26O6. The fraction of sp³-hybridized carbons (Fsp3) is 0.529. The van der Waals surface area contributed by atoms with Crippen LogP contribution in [-0.2, 0) is 5.41 Å². The highest BCUT2D eigenvalue weighted by atomic mass is 16.4. The zero-order valence-corrected chi connectivity index (χ0v) is 13.6. The number of aliphatic hydroxyl groups is 6. The average Bonchev–Trinajstić information content (AvgIpc) is 2.51. The summed E-state index contributed by atoms with van der Waals surface area (Å²) in [7, 11) is 0. The Labute approximate surface area is 136 Å². The Hall–Kier alpha value is -1.44. The van der Waals surface area contributed by atoms with E-state index in [4.69, 9.17) is 5.11 Å². The molecule has 130 valence electrons. The van der Waals surface area contributed by atoms with E-state index >= 15 is 0 Å². The summed E-state index contributed by atoms with van der Waals surface area (Å²) in [6, 6.07) is 7.31. The van der Waals surface area contributed by atoms with Gasteiger partial charge in [-0.3, -0.25) is 0 Å². The van der Waals surface area contributed by atoms with Gasteiger partial charge in [-0.1, -0.05) is 45.0 Å². The van der Waals surface area contributed by atoms with Crippen molar-refractivity contribution in [3.05, 3.63) is 41.2 Å². The smallest absolute Gasteiger partial charge is 0.139 e. The number of benzene rings is 1. The van der Waals surface area contributed by atoms with Crippen molar-refractivity contribution in [3.63, 3.8) is 0 Å². The average molecular weight is 326 g/mol. The van der Waals surface area contributed by atoms with Gasteiger partial charge in [0.25, 0.3) is 0 Å². The van der Waals surface area contributed by atoms with E-state index in [1.165, 1.54) is 6.08 Å². The van der Waals surface area contributed by atoms with Gasteiger partial charge >= 0.3 is 0 Å². The molecule has 0 heterocycles. The van der Waals surface area contributed by atoms with Gasteiger partial charge in [-0.15, -0.1) is 0 Å². The Balaban J connectivity index is 2.87. The molecule has 0 saturated carbocycles. The maximum Gasteiger partial charge on any atom is 0.139 e. The molecule has 0 aliphatic rings. The van der Waals surface area contributed by atoms with Gasteiger partial charge in [-0.05, 0) is 22.6 Å². The van der Waals surface area contributed by atoms with Crippen LogP contribution in [0.15, 0.2) is 30.0 Å². The minimum absolute atomic E-state index is 0.00939. The van der Waals surface area contributed by atoms with Crippen molar-refractivity contribution in [2.45, 2.75) is 50.6 Å². The van der Waals surface area contributed by atoms with Crippen LogP contribution < -0.4 is 0 Å². The summed E-state index contributed by atoms with van der Waals surface area (Å²) in [5, 5.41) is 56.9. The van der Waals surface area contributed by atoms with Gasteiger partial charge in [-0.25, -0.2) is 0 Å². The quantitative estimate of drug-likeness (QED) is 0.419. The summed E-state index contributed by atoms with van der Waals surface area (Å²) in [6.07, 6.45) is -5.75. The molecule has 0 amide bonds. The molecule has 0 aromatic heterocycles. The third-order valence-electron chi connectivity index (χ3n) is 3.65. The number of hydrogen-bond donors (Lipinski definition) is 6. The van der Waals surface area contributed by atoms with Crippen LogP contribution in [0.25, 0.3) is 6.08 Å². The summed E-state index contributed by atoms with van der Waals surface area (Å²) in [4.78, 5) is 0. The molecule has 4 atom stereocenters. The Morgan fingerprint density at radius 2 is 1.52 bits per heavy atom. The van der Waals surface area contributed by atoms with E-state index in [1.54, 1.807) is 12.1 Å². The van der Waals surface area contributed by atoms with Gasteiger partial charge in [0.15, 0.2) is 0 Å². The summed E-state index contributed by atoms with van der Waals surface area (Å²) in [5.41, 5.74) is 1.71. The van der Waals surface area contributed by atoms with Gasteiger partial charge in [0.1, 0.15) is 30.2 Å². The van der Waals surface area contributed by atoms with E-state index in [9.17, 15) is 25.5 Å². The second kappa shape index (κ2) is 7.90. The van der Waals surface area contributed by atoms with Crippen molar-refractivity contribution in [1.29, 1.82) is 0 Å². The minimum Gasteiger partial charge on any atom is -0.509 e. The zero-order chi connectivity index (χ0) is 17.8. The fourth-order valence-corrected chi connectivity index (χ4v) is 2.03. The monoisotopic (exact) mass is 326 g/mol. The van der Waals surface area contributed by atoms with Crippen LogP contribution in [0.5, 0.6) is 0 Å². The van der Waals surface area contributed by atoms with Gasteiger partial charge in [0.05, 0.1) is 6.61 Å². The van der Waals surface area contributed by atoms with Gasteiger partial charge in [0, 0.05) is 0 Å². The normalized spacial score (nSPS) is 18.3. The van der Waals surface area contributed by atoms with E-state index in [1.807, 2.05) is 12.1 Å².